The van der Waals surface area contributed by atoms with Crippen molar-refractivity contribution in [3.05, 3.63) is 42.1 Å². The van der Waals surface area contributed by atoms with Crippen LogP contribution in [0.1, 0.15) is 5.69 Å². The minimum Gasteiger partial charge on any atom is -0.375 e. The van der Waals surface area contributed by atoms with E-state index in [1.165, 1.54) is 5.39 Å². The van der Waals surface area contributed by atoms with Crippen LogP contribution in [0.5, 0.6) is 0 Å². The highest BCUT2D eigenvalue weighted by Crippen LogP contribution is 2.18. The predicted octanol–water partition coefficient (Wildman–Crippen LogP) is 2.24. The van der Waals surface area contributed by atoms with Crippen LogP contribution in [0, 0.1) is 0 Å². The number of hydrogen-bond acceptors (Lipinski definition) is 4. The number of nitrogens with two attached hydrogens (primary N) is 1. The molecule has 0 saturated carbocycles. The smallest absolute Gasteiger partial charge is 0.0820 e. The van der Waals surface area contributed by atoms with Crippen molar-refractivity contribution in [2.75, 3.05) is 18.1 Å². The van der Waals surface area contributed by atoms with Gasteiger partial charge in [0.2, 0.25) is 0 Å². The van der Waals surface area contributed by atoms with Crippen molar-refractivity contribution in [1.29, 1.82) is 0 Å². The van der Waals surface area contributed by atoms with E-state index in [2.05, 4.69) is 23.2 Å². The molecule has 3 nitrogen and oxygen atoms in total. The third-order valence-electron chi connectivity index (χ3n) is 3.42. The zero-order valence-corrected chi connectivity index (χ0v) is 11.6. The molecule has 2 unspecified atom stereocenters. The molecule has 0 radical (unpaired) electrons. The number of aromatic nitrogens is 1. The van der Waals surface area contributed by atoms with Gasteiger partial charge in [-0.2, -0.15) is 11.8 Å². The van der Waals surface area contributed by atoms with Crippen LogP contribution in [0.2, 0.25) is 0 Å². The van der Waals surface area contributed by atoms with Gasteiger partial charge in [0.25, 0.3) is 0 Å². The molecule has 19 heavy (non-hydrogen) atoms. The van der Waals surface area contributed by atoms with Crippen LogP contribution in [0.25, 0.3) is 10.9 Å². The average Bonchev–Trinajstić information content (AvgIpc) is 2.48. The van der Waals surface area contributed by atoms with E-state index in [4.69, 9.17) is 10.5 Å². The molecule has 1 aromatic carbocycles. The normalized spacial score (nSPS) is 21.4. The van der Waals surface area contributed by atoms with Crippen LogP contribution in [0.3, 0.4) is 0 Å². The number of pyridine rings is 1. The second-order valence-electron chi connectivity index (χ2n) is 4.85. The summed E-state index contributed by atoms with van der Waals surface area (Å²) in [6.07, 6.45) is 0.933. The van der Waals surface area contributed by atoms with E-state index >= 15 is 0 Å². The topological polar surface area (TPSA) is 48.1 Å². The summed E-state index contributed by atoms with van der Waals surface area (Å²) in [6.45, 7) is 0.814. The van der Waals surface area contributed by atoms with Crippen LogP contribution < -0.4 is 5.73 Å². The first-order valence-corrected chi connectivity index (χ1v) is 7.78. The van der Waals surface area contributed by atoms with Gasteiger partial charge in [-0.3, -0.25) is 4.98 Å². The number of fused-ring (bicyclic) bond motifs is 1. The van der Waals surface area contributed by atoms with Crippen molar-refractivity contribution in [2.45, 2.75) is 18.6 Å². The van der Waals surface area contributed by atoms with Crippen molar-refractivity contribution in [2.24, 2.45) is 5.73 Å². The van der Waals surface area contributed by atoms with Crippen LogP contribution in [0.4, 0.5) is 0 Å². The Morgan fingerprint density at radius 1 is 1.32 bits per heavy atom. The van der Waals surface area contributed by atoms with Crippen LogP contribution >= 0.6 is 11.8 Å². The zero-order chi connectivity index (χ0) is 13.1. The Hall–Kier alpha value is -1.10. The van der Waals surface area contributed by atoms with Crippen molar-refractivity contribution in [3.8, 4) is 0 Å². The minimum absolute atomic E-state index is 0.0291. The van der Waals surface area contributed by atoms with Gasteiger partial charge in [0, 0.05) is 35.0 Å². The first-order valence-electron chi connectivity index (χ1n) is 6.62. The highest BCUT2D eigenvalue weighted by molar-refractivity contribution is 7.99. The summed E-state index contributed by atoms with van der Waals surface area (Å²) in [5.41, 5.74) is 8.33. The quantitative estimate of drug-likeness (QED) is 0.932. The van der Waals surface area contributed by atoms with E-state index in [-0.39, 0.29) is 12.1 Å². The van der Waals surface area contributed by atoms with Crippen molar-refractivity contribution in [3.63, 3.8) is 0 Å². The van der Waals surface area contributed by atoms with E-state index < -0.39 is 0 Å². The molecule has 2 aromatic rings. The van der Waals surface area contributed by atoms with Gasteiger partial charge in [0.05, 0.1) is 18.2 Å². The number of nitrogens with zero attached hydrogens (tertiary/aromatic N) is 1. The highest BCUT2D eigenvalue weighted by Gasteiger charge is 2.22. The van der Waals surface area contributed by atoms with Crippen LogP contribution in [0.15, 0.2) is 36.4 Å². The maximum Gasteiger partial charge on any atom is 0.0820 e. The summed E-state index contributed by atoms with van der Waals surface area (Å²) >= 11 is 1.92. The fourth-order valence-electron chi connectivity index (χ4n) is 2.35. The number of benzene rings is 1. The lowest BCUT2D eigenvalue weighted by Crippen LogP contribution is -2.42. The first-order chi connectivity index (χ1) is 9.33. The Balaban J connectivity index is 1.73. The van der Waals surface area contributed by atoms with Crippen molar-refractivity contribution in [1.82, 2.24) is 4.98 Å². The molecule has 100 valence electrons. The van der Waals surface area contributed by atoms with Gasteiger partial charge in [0.1, 0.15) is 0 Å². The zero-order valence-electron chi connectivity index (χ0n) is 10.8. The summed E-state index contributed by atoms with van der Waals surface area (Å²) in [7, 11) is 0. The molecule has 2 N–H and O–H groups in total. The SMILES string of the molecule is NC(Cc1ccc2ccccc2n1)C1CSCCO1. The van der Waals surface area contributed by atoms with Gasteiger partial charge in [-0.15, -0.1) is 0 Å². The molecule has 1 aromatic heterocycles. The van der Waals surface area contributed by atoms with E-state index in [1.54, 1.807) is 0 Å². The number of hydrogen-bond donors (Lipinski definition) is 1. The predicted molar refractivity (Wildman–Crippen MR) is 80.5 cm³/mol. The van der Waals surface area contributed by atoms with E-state index in [9.17, 15) is 0 Å². The molecular weight excluding hydrogens is 256 g/mol. The summed E-state index contributed by atoms with van der Waals surface area (Å²) in [6, 6.07) is 12.4. The van der Waals surface area contributed by atoms with Gasteiger partial charge in [-0.25, -0.2) is 0 Å². The second kappa shape index (κ2) is 5.90. The van der Waals surface area contributed by atoms with Gasteiger partial charge in [-0.05, 0) is 12.1 Å². The minimum atomic E-state index is 0.0291. The van der Waals surface area contributed by atoms with E-state index in [0.29, 0.717) is 0 Å². The van der Waals surface area contributed by atoms with Crippen LogP contribution in [-0.4, -0.2) is 35.2 Å². The Morgan fingerprint density at radius 2 is 2.21 bits per heavy atom. The standard InChI is InChI=1S/C15H18N2OS/c16-13(15-10-19-8-7-18-15)9-12-6-5-11-3-1-2-4-14(11)17-12/h1-6,13,15H,7-10,16H2. The van der Waals surface area contributed by atoms with Gasteiger partial charge in [0.15, 0.2) is 0 Å². The summed E-state index contributed by atoms with van der Waals surface area (Å²) in [5.74, 6) is 2.08. The first kappa shape index (κ1) is 12.9. The molecule has 0 spiro atoms. The third-order valence-corrected chi connectivity index (χ3v) is 4.44. The molecule has 1 aliphatic rings. The third kappa shape index (κ3) is 3.08. The van der Waals surface area contributed by atoms with Gasteiger partial charge in [-0.1, -0.05) is 24.3 Å². The molecule has 4 heteroatoms. The molecule has 1 saturated heterocycles. The summed E-state index contributed by atoms with van der Waals surface area (Å²) in [4.78, 5) is 4.67. The maximum atomic E-state index is 6.25. The molecule has 0 bridgehead atoms. The van der Waals surface area contributed by atoms with Crippen molar-refractivity contribution < 1.29 is 4.74 Å². The molecule has 1 aliphatic heterocycles. The maximum absolute atomic E-state index is 6.25. The fourth-order valence-corrected chi connectivity index (χ4v) is 3.30. The average molecular weight is 274 g/mol. The molecule has 3 rings (SSSR count). The Labute approximate surface area is 117 Å². The Bertz CT molecular complexity index is 555. The Kier molecular flexibility index (Phi) is 4.01. The molecule has 2 heterocycles. The van der Waals surface area contributed by atoms with E-state index in [0.717, 1.165) is 35.7 Å². The van der Waals surface area contributed by atoms with Crippen LogP contribution in [-0.2, 0) is 11.2 Å². The monoisotopic (exact) mass is 274 g/mol. The summed E-state index contributed by atoms with van der Waals surface area (Å²) in [5, 5.41) is 1.17. The highest BCUT2D eigenvalue weighted by atomic mass is 32.2. The molecular formula is C15H18N2OS. The lowest BCUT2D eigenvalue weighted by atomic mass is 10.1. The molecule has 2 atom stereocenters. The number of ether oxygens (including phenoxy) is 1. The van der Waals surface area contributed by atoms with Gasteiger partial charge < -0.3 is 10.5 Å². The number of para-hydroxylation sites is 1. The largest absolute Gasteiger partial charge is 0.375 e. The van der Waals surface area contributed by atoms with Gasteiger partial charge >= 0.3 is 0 Å². The lowest BCUT2D eigenvalue weighted by Gasteiger charge is -2.27. The molecule has 1 fully saturated rings. The lowest BCUT2D eigenvalue weighted by molar-refractivity contribution is 0.0570. The van der Waals surface area contributed by atoms with Crippen molar-refractivity contribution >= 4 is 22.7 Å². The van der Waals surface area contributed by atoms with E-state index in [1.807, 2.05) is 30.0 Å². The summed E-state index contributed by atoms with van der Waals surface area (Å²) < 4.78 is 5.73. The number of thioether (sulfide) groups is 1. The Morgan fingerprint density at radius 3 is 3.05 bits per heavy atom. The fraction of sp³-hybridized carbons (Fsp3) is 0.400. The molecule has 0 amide bonds. The number of rotatable bonds is 3. The second-order valence-corrected chi connectivity index (χ2v) is 6.00. The molecule has 0 aliphatic carbocycles.